The van der Waals surface area contributed by atoms with E-state index in [9.17, 15) is 14.4 Å². The van der Waals surface area contributed by atoms with Gasteiger partial charge in [0.05, 0.1) is 31.4 Å². The number of amides is 2. The molecule has 3 heterocycles. The van der Waals surface area contributed by atoms with Gasteiger partial charge in [0.1, 0.15) is 17.3 Å². The number of methoxy groups -OCH3 is 2. The van der Waals surface area contributed by atoms with Crippen LogP contribution in [0, 0.1) is 0 Å². The number of benzene rings is 2. The smallest absolute Gasteiger partial charge is 0.258 e. The average molecular weight is 476 g/mol. The predicted molar refractivity (Wildman–Crippen MR) is 130 cm³/mol. The monoisotopic (exact) mass is 475 g/mol. The Morgan fingerprint density at radius 3 is 2.69 bits per heavy atom. The zero-order valence-electron chi connectivity index (χ0n) is 19.4. The molecule has 0 fully saturated rings. The van der Waals surface area contributed by atoms with Crippen LogP contribution in [-0.2, 0) is 22.6 Å². The number of aromatic nitrogens is 2. The van der Waals surface area contributed by atoms with Crippen LogP contribution in [0.25, 0.3) is 0 Å². The minimum Gasteiger partial charge on any atom is -0.497 e. The van der Waals surface area contributed by atoms with Crippen molar-refractivity contribution in [1.82, 2.24) is 9.97 Å². The lowest BCUT2D eigenvalue weighted by Crippen LogP contribution is -2.39. The Hall–Kier alpha value is -4.34. The lowest BCUT2D eigenvalue weighted by atomic mass is 9.92. The van der Waals surface area contributed by atoms with Crippen LogP contribution >= 0.6 is 0 Å². The molecule has 0 bridgehead atoms. The Morgan fingerprint density at radius 2 is 1.91 bits per heavy atom. The summed E-state index contributed by atoms with van der Waals surface area (Å²) in [6.07, 6.45) is 0.642. The zero-order valence-corrected chi connectivity index (χ0v) is 19.4. The summed E-state index contributed by atoms with van der Waals surface area (Å²) in [5, 5.41) is 5.44. The second kappa shape index (κ2) is 9.13. The average Bonchev–Trinajstić information content (AvgIpc) is 2.87. The van der Waals surface area contributed by atoms with Crippen molar-refractivity contribution in [3.8, 4) is 11.5 Å². The summed E-state index contributed by atoms with van der Waals surface area (Å²) in [5.41, 5.74) is 2.47. The maximum Gasteiger partial charge on any atom is 0.258 e. The van der Waals surface area contributed by atoms with E-state index in [0.717, 1.165) is 12.0 Å². The van der Waals surface area contributed by atoms with Crippen LogP contribution in [0.15, 0.2) is 47.3 Å². The highest BCUT2D eigenvalue weighted by Gasteiger charge is 2.35. The highest BCUT2D eigenvalue weighted by atomic mass is 16.5. The Bertz CT molecular complexity index is 1370. The molecule has 2 amide bonds. The lowest BCUT2D eigenvalue weighted by Gasteiger charge is -2.30. The number of fused-ring (bicyclic) bond motifs is 2. The van der Waals surface area contributed by atoms with Crippen LogP contribution in [0.5, 0.6) is 11.5 Å². The van der Waals surface area contributed by atoms with E-state index < -0.39 is 17.4 Å². The number of rotatable bonds is 5. The lowest BCUT2D eigenvalue weighted by molar-refractivity contribution is -0.123. The van der Waals surface area contributed by atoms with Crippen molar-refractivity contribution >= 4 is 29.3 Å². The molecule has 10 nitrogen and oxygen atoms in total. The largest absolute Gasteiger partial charge is 0.497 e. The molecule has 3 N–H and O–H groups in total. The maximum atomic E-state index is 13.2. The van der Waals surface area contributed by atoms with E-state index in [0.29, 0.717) is 36.2 Å². The molecule has 35 heavy (non-hydrogen) atoms. The van der Waals surface area contributed by atoms with E-state index in [1.165, 1.54) is 19.8 Å². The molecule has 0 unspecified atom stereocenters. The number of aromatic amines is 1. The molecule has 0 aliphatic carbocycles. The van der Waals surface area contributed by atoms with E-state index in [1.807, 2.05) is 23.1 Å². The summed E-state index contributed by atoms with van der Waals surface area (Å²) < 4.78 is 10.5. The van der Waals surface area contributed by atoms with Gasteiger partial charge in [-0.15, -0.1) is 0 Å². The molecular weight excluding hydrogens is 450 g/mol. The van der Waals surface area contributed by atoms with Crippen molar-refractivity contribution in [2.75, 3.05) is 36.3 Å². The maximum absolute atomic E-state index is 13.2. The molecule has 2 aliphatic rings. The quantitative estimate of drug-likeness (QED) is 0.517. The van der Waals surface area contributed by atoms with E-state index >= 15 is 0 Å². The number of anilines is 3. The van der Waals surface area contributed by atoms with Crippen molar-refractivity contribution in [2.24, 2.45) is 0 Å². The number of H-pyrrole nitrogens is 1. The molecule has 180 valence electrons. The molecule has 0 saturated heterocycles. The number of nitrogens with one attached hydrogen (secondary N) is 3. The van der Waals surface area contributed by atoms with Gasteiger partial charge in [-0.05, 0) is 29.7 Å². The van der Waals surface area contributed by atoms with Crippen molar-refractivity contribution in [1.29, 1.82) is 0 Å². The SMILES string of the molecule is COc1ccc(OC)c(NC(=O)[C@H]2CC(=O)Nc3nc(N4CCc5ccccc5C4)[nH]c(=O)c32)c1. The van der Waals surface area contributed by atoms with Gasteiger partial charge in [-0.25, -0.2) is 0 Å². The van der Waals surface area contributed by atoms with Gasteiger partial charge < -0.3 is 25.0 Å². The summed E-state index contributed by atoms with van der Waals surface area (Å²) in [6, 6.07) is 13.1. The highest BCUT2D eigenvalue weighted by molar-refractivity contribution is 6.05. The minimum atomic E-state index is -1.01. The van der Waals surface area contributed by atoms with Gasteiger partial charge in [-0.3, -0.25) is 19.4 Å². The molecular formula is C25H25N5O5. The van der Waals surface area contributed by atoms with Crippen LogP contribution in [0.1, 0.15) is 29.0 Å². The van der Waals surface area contributed by atoms with E-state index in [4.69, 9.17) is 9.47 Å². The molecule has 0 radical (unpaired) electrons. The zero-order chi connectivity index (χ0) is 24.5. The fourth-order valence-electron chi connectivity index (χ4n) is 4.54. The van der Waals surface area contributed by atoms with Crippen LogP contribution < -0.4 is 30.6 Å². The normalized spacial score (nSPS) is 16.6. The van der Waals surface area contributed by atoms with Gasteiger partial charge in [-0.1, -0.05) is 24.3 Å². The number of carbonyl (C=O) groups is 2. The van der Waals surface area contributed by atoms with Crippen molar-refractivity contribution in [3.63, 3.8) is 0 Å². The van der Waals surface area contributed by atoms with Gasteiger partial charge in [-0.2, -0.15) is 4.98 Å². The molecule has 10 heteroatoms. The summed E-state index contributed by atoms with van der Waals surface area (Å²) in [6.45, 7) is 1.26. The summed E-state index contributed by atoms with van der Waals surface area (Å²) in [5.74, 6) is -0.497. The third-order valence-electron chi connectivity index (χ3n) is 6.35. The van der Waals surface area contributed by atoms with Crippen LogP contribution in [0.3, 0.4) is 0 Å². The molecule has 2 aliphatic heterocycles. The summed E-state index contributed by atoms with van der Waals surface area (Å²) >= 11 is 0. The Balaban J connectivity index is 1.45. The Labute approximate surface area is 201 Å². The van der Waals surface area contributed by atoms with Crippen molar-refractivity contribution in [2.45, 2.75) is 25.3 Å². The number of hydrogen-bond acceptors (Lipinski definition) is 7. The third-order valence-corrected chi connectivity index (χ3v) is 6.35. The second-order valence-electron chi connectivity index (χ2n) is 8.45. The predicted octanol–water partition coefficient (Wildman–Crippen LogP) is 2.41. The molecule has 3 aromatic rings. The number of carbonyl (C=O) groups excluding carboxylic acids is 2. The summed E-state index contributed by atoms with van der Waals surface area (Å²) in [7, 11) is 2.99. The van der Waals surface area contributed by atoms with Gasteiger partial charge in [0.25, 0.3) is 5.56 Å². The standard InChI is InChI=1S/C25H25N5O5/c1-34-16-7-8-19(35-2)18(11-16)26-23(32)17-12-20(31)27-22-21(17)24(33)29-25(28-22)30-10-9-14-5-3-4-6-15(14)13-30/h3-8,11,17H,9-10,12-13H2,1-2H3,(H,26,32)(H2,27,28,29,31,33)/t17-/m0/s1. The first-order chi connectivity index (χ1) is 17.0. The van der Waals surface area contributed by atoms with Gasteiger partial charge in [0, 0.05) is 25.6 Å². The first-order valence-corrected chi connectivity index (χ1v) is 11.3. The Morgan fingerprint density at radius 1 is 1.11 bits per heavy atom. The van der Waals surface area contributed by atoms with E-state index in [2.05, 4.69) is 26.7 Å². The van der Waals surface area contributed by atoms with Crippen LogP contribution in [0.4, 0.5) is 17.5 Å². The fraction of sp³-hybridized carbons (Fsp3) is 0.280. The first-order valence-electron chi connectivity index (χ1n) is 11.3. The fourth-order valence-corrected chi connectivity index (χ4v) is 4.54. The molecule has 0 spiro atoms. The Kier molecular flexibility index (Phi) is 5.86. The molecule has 0 saturated carbocycles. The minimum absolute atomic E-state index is 0.108. The van der Waals surface area contributed by atoms with Gasteiger partial charge >= 0.3 is 0 Å². The number of hydrogen-bond donors (Lipinski definition) is 3. The molecule has 2 aromatic carbocycles. The number of ether oxygens (including phenoxy) is 2. The summed E-state index contributed by atoms with van der Waals surface area (Å²) in [4.78, 5) is 48.2. The van der Waals surface area contributed by atoms with Crippen molar-refractivity contribution < 1.29 is 19.1 Å². The third kappa shape index (κ3) is 4.30. The first kappa shape index (κ1) is 22.5. The highest BCUT2D eigenvalue weighted by Crippen LogP contribution is 2.34. The number of nitrogens with zero attached hydrogens (tertiary/aromatic N) is 2. The molecule has 1 atom stereocenters. The molecule has 5 rings (SSSR count). The second-order valence-corrected chi connectivity index (χ2v) is 8.45. The van der Waals surface area contributed by atoms with E-state index in [-0.39, 0.29) is 23.7 Å². The van der Waals surface area contributed by atoms with Gasteiger partial charge in [0.15, 0.2) is 0 Å². The van der Waals surface area contributed by atoms with E-state index in [1.54, 1.807) is 18.2 Å². The van der Waals surface area contributed by atoms with Crippen molar-refractivity contribution in [3.05, 3.63) is 69.5 Å². The topological polar surface area (TPSA) is 126 Å². The van der Waals surface area contributed by atoms with Gasteiger partial charge in [0.2, 0.25) is 17.8 Å². The van der Waals surface area contributed by atoms with Crippen LogP contribution in [0.2, 0.25) is 0 Å². The van der Waals surface area contributed by atoms with Crippen LogP contribution in [-0.4, -0.2) is 42.5 Å². The molecule has 1 aromatic heterocycles.